The van der Waals surface area contributed by atoms with Crippen molar-refractivity contribution in [1.29, 1.82) is 0 Å². The van der Waals surface area contributed by atoms with E-state index in [1.807, 2.05) is 18.0 Å². The number of fused-ring (bicyclic) bond motifs is 1. The first-order valence-electron chi connectivity index (χ1n) is 23.8. The van der Waals surface area contributed by atoms with Crippen LogP contribution in [0.1, 0.15) is 26.2 Å². The molecule has 372 valence electrons. The molecule has 3 aromatic rings. The van der Waals surface area contributed by atoms with E-state index in [0.717, 1.165) is 58.5 Å². The van der Waals surface area contributed by atoms with Crippen LogP contribution < -0.4 is 9.80 Å². The third kappa shape index (κ3) is 22.3. The fraction of sp³-hybridized carbons (Fsp3) is 0.723. The van der Waals surface area contributed by atoms with Crippen molar-refractivity contribution in [2.24, 2.45) is 0 Å². The van der Waals surface area contributed by atoms with Gasteiger partial charge in [-0.2, -0.15) is 0 Å². The molecule has 2 aliphatic rings. The van der Waals surface area contributed by atoms with Crippen LogP contribution in [0.15, 0.2) is 36.5 Å². The van der Waals surface area contributed by atoms with Gasteiger partial charge in [-0.3, -0.25) is 4.79 Å². The van der Waals surface area contributed by atoms with E-state index in [4.69, 9.17) is 66.8 Å². The molecule has 5 rings (SSSR count). The number of hydrogen-bond acceptors (Lipinski definition) is 18. The Morgan fingerprint density at radius 3 is 1.38 bits per heavy atom. The van der Waals surface area contributed by atoms with Crippen LogP contribution in [0.4, 0.5) is 11.5 Å². The maximum Gasteiger partial charge on any atom is 0.225 e. The van der Waals surface area contributed by atoms with Crippen molar-refractivity contribution >= 4 is 39.0 Å². The zero-order valence-electron chi connectivity index (χ0n) is 39.3. The predicted octanol–water partition coefficient (Wildman–Crippen LogP) is 4.22. The largest absolute Gasteiger partial charge is 0.379 e. The van der Waals surface area contributed by atoms with E-state index in [1.165, 1.54) is 12.8 Å². The maximum atomic E-state index is 12.9. The zero-order valence-corrected chi connectivity index (χ0v) is 40.1. The van der Waals surface area contributed by atoms with Crippen LogP contribution in [0.5, 0.6) is 0 Å². The van der Waals surface area contributed by atoms with E-state index < -0.39 is 0 Å². The van der Waals surface area contributed by atoms with Crippen molar-refractivity contribution in [2.75, 3.05) is 208 Å². The lowest BCUT2D eigenvalue weighted by Gasteiger charge is -2.36. The number of hydrogen-bond donors (Lipinski definition) is 0. The molecule has 0 radical (unpaired) electrons. The summed E-state index contributed by atoms with van der Waals surface area (Å²) in [6, 6.07) is 10.7. The lowest BCUT2D eigenvalue weighted by Crippen LogP contribution is -2.49. The normalized spacial score (nSPS) is 14.3. The number of carbonyl (C=O) groups excluding carboxylic acids is 1. The number of rotatable bonds is 40. The minimum absolute atomic E-state index is 0.124. The van der Waals surface area contributed by atoms with Crippen molar-refractivity contribution in [3.05, 3.63) is 36.5 Å². The Kier molecular flexibility index (Phi) is 28.6. The van der Waals surface area contributed by atoms with Gasteiger partial charge >= 0.3 is 0 Å². The summed E-state index contributed by atoms with van der Waals surface area (Å²) in [7, 11) is 0. The summed E-state index contributed by atoms with van der Waals surface area (Å²) in [5.74, 6) is 1.17. The molecule has 18 nitrogen and oxygen atoms in total. The Balaban J connectivity index is 0.721. The second-order valence-corrected chi connectivity index (χ2v) is 16.4. The third-order valence-corrected chi connectivity index (χ3v) is 11.6. The van der Waals surface area contributed by atoms with Crippen LogP contribution >= 0.6 is 11.3 Å². The molecule has 0 saturated carbocycles. The SMILES string of the molecule is CCOCCOCCOCCOCCOCCOCCOCCOCCOCCOCCOCCOCCC(=O)N1CCN(c2ccc3nc(-c4ccc(N5CCCC5)nc4)sc3c2)CC1. The Morgan fingerprint density at radius 1 is 0.515 bits per heavy atom. The molecular formula is C47H75N5O13S. The highest BCUT2D eigenvalue weighted by Gasteiger charge is 2.22. The highest BCUT2D eigenvalue weighted by molar-refractivity contribution is 7.21. The molecule has 0 N–H and O–H groups in total. The number of thiazole rings is 1. The van der Waals surface area contributed by atoms with Gasteiger partial charge in [0, 0.05) is 63.3 Å². The monoisotopic (exact) mass is 950 g/mol. The van der Waals surface area contributed by atoms with Gasteiger partial charge in [0.05, 0.1) is 169 Å². The van der Waals surface area contributed by atoms with Gasteiger partial charge in [-0.05, 0) is 50.1 Å². The molecule has 2 aromatic heterocycles. The van der Waals surface area contributed by atoms with E-state index >= 15 is 0 Å². The van der Waals surface area contributed by atoms with E-state index in [9.17, 15) is 4.79 Å². The van der Waals surface area contributed by atoms with Crippen molar-refractivity contribution < 1.29 is 61.6 Å². The summed E-state index contributed by atoms with van der Waals surface area (Å²) >= 11 is 1.70. The van der Waals surface area contributed by atoms with Crippen LogP contribution in [0.3, 0.4) is 0 Å². The van der Waals surface area contributed by atoms with Gasteiger partial charge in [0.2, 0.25) is 5.91 Å². The van der Waals surface area contributed by atoms with Crippen LogP contribution in [0.25, 0.3) is 20.8 Å². The Morgan fingerprint density at radius 2 is 0.955 bits per heavy atom. The quantitative estimate of drug-likeness (QED) is 0.0745. The van der Waals surface area contributed by atoms with Gasteiger partial charge in [-0.25, -0.2) is 9.97 Å². The molecule has 1 aromatic carbocycles. The molecule has 0 spiro atoms. The molecule has 0 unspecified atom stereocenters. The van der Waals surface area contributed by atoms with Crippen molar-refractivity contribution in [3.8, 4) is 10.6 Å². The summed E-state index contributed by atoms with van der Waals surface area (Å²) in [5.41, 5.74) is 3.21. The maximum absolute atomic E-state index is 12.9. The average Bonchev–Trinajstić information content (AvgIpc) is 4.05. The second kappa shape index (κ2) is 35.0. The lowest BCUT2D eigenvalue weighted by atomic mass is 10.2. The van der Waals surface area contributed by atoms with E-state index in [1.54, 1.807) is 11.3 Å². The van der Waals surface area contributed by atoms with Gasteiger partial charge in [-0.15, -0.1) is 11.3 Å². The van der Waals surface area contributed by atoms with Gasteiger partial charge in [0.25, 0.3) is 0 Å². The topological polar surface area (TPSA) is 163 Å². The van der Waals surface area contributed by atoms with Crippen LogP contribution in [0, 0.1) is 0 Å². The number of pyridine rings is 1. The fourth-order valence-corrected chi connectivity index (χ4v) is 7.96. The summed E-state index contributed by atoms with van der Waals surface area (Å²) < 4.78 is 67.0. The van der Waals surface area contributed by atoms with Crippen molar-refractivity contribution in [3.63, 3.8) is 0 Å². The summed E-state index contributed by atoms with van der Waals surface area (Å²) in [4.78, 5) is 29.1. The number of aromatic nitrogens is 2. The molecule has 2 fully saturated rings. The second-order valence-electron chi connectivity index (χ2n) is 15.3. The first-order valence-corrected chi connectivity index (χ1v) is 24.6. The average molecular weight is 950 g/mol. The van der Waals surface area contributed by atoms with E-state index in [0.29, 0.717) is 178 Å². The molecule has 19 heteroatoms. The van der Waals surface area contributed by atoms with Crippen molar-refractivity contribution in [1.82, 2.24) is 14.9 Å². The van der Waals surface area contributed by atoms with E-state index in [2.05, 4.69) is 40.1 Å². The number of carbonyl (C=O) groups is 1. The highest BCUT2D eigenvalue weighted by atomic mass is 32.1. The fourth-order valence-electron chi connectivity index (χ4n) is 6.97. The number of amides is 1. The predicted molar refractivity (Wildman–Crippen MR) is 253 cm³/mol. The third-order valence-electron chi connectivity index (χ3n) is 10.6. The number of anilines is 2. The molecule has 1 amide bonds. The van der Waals surface area contributed by atoms with Gasteiger partial charge in [0.15, 0.2) is 0 Å². The van der Waals surface area contributed by atoms with Crippen molar-refractivity contribution in [2.45, 2.75) is 26.2 Å². The Labute approximate surface area is 395 Å². The summed E-state index contributed by atoms with van der Waals surface area (Å²) in [6.45, 7) is 19.3. The van der Waals surface area contributed by atoms with Crippen LogP contribution in [-0.4, -0.2) is 219 Å². The highest BCUT2D eigenvalue weighted by Crippen LogP contribution is 2.33. The van der Waals surface area contributed by atoms with Crippen LogP contribution in [0.2, 0.25) is 0 Å². The summed E-state index contributed by atoms with van der Waals surface area (Å²) in [5, 5.41) is 0.984. The van der Waals surface area contributed by atoms with E-state index in [-0.39, 0.29) is 5.91 Å². The minimum atomic E-state index is 0.124. The molecular weight excluding hydrogens is 875 g/mol. The standard InChI is InChI=1S/C47H75N5O13S/c1-2-54-17-18-56-21-22-58-25-26-60-29-30-62-33-34-64-37-38-65-36-35-63-32-31-61-28-27-59-24-23-57-20-19-55-16-9-46(53)52-14-12-50(13-15-52)42-6-7-43-44(39-42)66-47(49-43)41-5-8-45(48-40-41)51-10-3-4-11-51/h5-8,39-40H,2-4,9-38H2,1H3. The van der Waals surface area contributed by atoms with Crippen LogP contribution in [-0.2, 0) is 61.6 Å². The Bertz CT molecular complexity index is 1660. The number of ether oxygens (including phenoxy) is 12. The number of benzene rings is 1. The first kappa shape index (κ1) is 53.8. The molecule has 0 bridgehead atoms. The smallest absolute Gasteiger partial charge is 0.225 e. The molecule has 0 aliphatic carbocycles. The van der Waals surface area contributed by atoms with Gasteiger partial charge in [-0.1, -0.05) is 0 Å². The lowest BCUT2D eigenvalue weighted by molar-refractivity contribution is -0.132. The van der Waals surface area contributed by atoms with Gasteiger partial charge < -0.3 is 71.5 Å². The molecule has 0 atom stereocenters. The number of nitrogens with zero attached hydrogens (tertiary/aromatic N) is 5. The Hall–Kier alpha value is -3.15. The first-order chi connectivity index (χ1) is 32.7. The number of piperazine rings is 1. The van der Waals surface area contributed by atoms with Gasteiger partial charge in [0.1, 0.15) is 10.8 Å². The molecule has 66 heavy (non-hydrogen) atoms. The zero-order chi connectivity index (χ0) is 46.0. The minimum Gasteiger partial charge on any atom is -0.379 e. The molecule has 4 heterocycles. The molecule has 2 aliphatic heterocycles. The summed E-state index contributed by atoms with van der Waals surface area (Å²) in [6.07, 6.45) is 4.78. The molecule has 2 saturated heterocycles.